The van der Waals surface area contributed by atoms with Gasteiger partial charge in [-0.25, -0.2) is 4.98 Å². The monoisotopic (exact) mass is 339 g/mol. The summed E-state index contributed by atoms with van der Waals surface area (Å²) in [6.45, 7) is -0.756. The van der Waals surface area contributed by atoms with E-state index in [9.17, 15) is 18.9 Å². The summed E-state index contributed by atoms with van der Waals surface area (Å²) >= 11 is 0. The summed E-state index contributed by atoms with van der Waals surface area (Å²) < 4.78 is 34.4. The molecule has 1 aromatic heterocycles. The molecule has 0 unspecified atom stereocenters. The van der Waals surface area contributed by atoms with E-state index in [1.165, 1.54) is 30.5 Å². The SMILES string of the molecule is CCOc1cc(CNc2ncccc2[N+](=O)[O-])ccc1OC(F)F. The number of rotatable bonds is 8. The topological polar surface area (TPSA) is 86.5 Å². The van der Waals surface area contributed by atoms with Gasteiger partial charge in [-0.05, 0) is 30.7 Å². The van der Waals surface area contributed by atoms with E-state index in [1.807, 2.05) is 0 Å². The lowest BCUT2D eigenvalue weighted by atomic mass is 10.2. The van der Waals surface area contributed by atoms with Gasteiger partial charge in [0.25, 0.3) is 0 Å². The van der Waals surface area contributed by atoms with Gasteiger partial charge in [0.1, 0.15) is 0 Å². The van der Waals surface area contributed by atoms with Crippen molar-refractivity contribution in [3.63, 3.8) is 0 Å². The summed E-state index contributed by atoms with van der Waals surface area (Å²) in [5.74, 6) is 0.223. The second kappa shape index (κ2) is 8.04. The molecule has 9 heteroatoms. The predicted molar refractivity (Wildman–Crippen MR) is 82.5 cm³/mol. The quantitative estimate of drug-likeness (QED) is 0.584. The maximum Gasteiger partial charge on any atom is 0.387 e. The Hall–Kier alpha value is -2.97. The van der Waals surface area contributed by atoms with Crippen LogP contribution in [0.15, 0.2) is 36.5 Å². The highest BCUT2D eigenvalue weighted by Crippen LogP contribution is 2.30. The van der Waals surface area contributed by atoms with Gasteiger partial charge >= 0.3 is 12.3 Å². The average molecular weight is 339 g/mol. The van der Waals surface area contributed by atoms with Crippen LogP contribution in [-0.4, -0.2) is 23.1 Å². The Bertz CT molecular complexity index is 713. The molecule has 0 saturated carbocycles. The number of aromatic nitrogens is 1. The van der Waals surface area contributed by atoms with Crippen molar-refractivity contribution in [1.82, 2.24) is 4.98 Å². The molecule has 24 heavy (non-hydrogen) atoms. The van der Waals surface area contributed by atoms with Crippen LogP contribution in [0.3, 0.4) is 0 Å². The van der Waals surface area contributed by atoms with Crippen LogP contribution in [0.5, 0.6) is 11.5 Å². The normalized spacial score (nSPS) is 10.5. The first-order chi connectivity index (χ1) is 11.5. The number of hydrogen-bond donors (Lipinski definition) is 1. The van der Waals surface area contributed by atoms with Crippen molar-refractivity contribution in [3.05, 3.63) is 52.2 Å². The van der Waals surface area contributed by atoms with E-state index in [0.717, 1.165) is 0 Å². The second-order valence-electron chi connectivity index (χ2n) is 4.57. The minimum absolute atomic E-state index is 0.0700. The Morgan fingerprint density at radius 3 is 2.79 bits per heavy atom. The van der Waals surface area contributed by atoms with Crippen molar-refractivity contribution < 1.29 is 23.2 Å². The number of anilines is 1. The number of benzene rings is 1. The Morgan fingerprint density at radius 1 is 1.33 bits per heavy atom. The number of nitrogens with zero attached hydrogens (tertiary/aromatic N) is 2. The fourth-order valence-corrected chi connectivity index (χ4v) is 1.99. The minimum atomic E-state index is -2.95. The van der Waals surface area contributed by atoms with Gasteiger partial charge in [-0.1, -0.05) is 6.07 Å². The summed E-state index contributed by atoms with van der Waals surface area (Å²) in [5, 5.41) is 13.8. The molecule has 2 aromatic rings. The number of hydrogen-bond acceptors (Lipinski definition) is 6. The zero-order valence-corrected chi connectivity index (χ0v) is 12.7. The van der Waals surface area contributed by atoms with E-state index in [0.29, 0.717) is 5.56 Å². The van der Waals surface area contributed by atoms with Crippen LogP contribution in [0, 0.1) is 10.1 Å². The molecule has 0 fully saturated rings. The second-order valence-corrected chi connectivity index (χ2v) is 4.57. The largest absolute Gasteiger partial charge is 0.490 e. The maximum atomic E-state index is 12.4. The smallest absolute Gasteiger partial charge is 0.387 e. The molecule has 1 heterocycles. The van der Waals surface area contributed by atoms with Crippen molar-refractivity contribution in [1.29, 1.82) is 0 Å². The third-order valence-corrected chi connectivity index (χ3v) is 2.97. The number of alkyl halides is 2. The molecule has 0 saturated heterocycles. The number of ether oxygens (including phenoxy) is 2. The average Bonchev–Trinajstić information content (AvgIpc) is 2.55. The van der Waals surface area contributed by atoms with Crippen molar-refractivity contribution in [2.75, 3.05) is 11.9 Å². The van der Waals surface area contributed by atoms with Gasteiger partial charge in [-0.15, -0.1) is 0 Å². The number of halogens is 2. The third kappa shape index (κ3) is 4.51. The molecule has 0 radical (unpaired) electrons. The fraction of sp³-hybridized carbons (Fsp3) is 0.267. The standard InChI is InChI=1S/C15H15F2N3O4/c1-2-23-13-8-10(5-6-12(13)24-15(16)17)9-19-14-11(20(21)22)4-3-7-18-14/h3-8,15H,2,9H2,1H3,(H,18,19). The molecule has 0 aliphatic rings. The van der Waals surface area contributed by atoms with Gasteiger partial charge in [-0.3, -0.25) is 10.1 Å². The van der Waals surface area contributed by atoms with Gasteiger partial charge < -0.3 is 14.8 Å². The lowest BCUT2D eigenvalue weighted by Crippen LogP contribution is -2.07. The zero-order chi connectivity index (χ0) is 17.5. The van der Waals surface area contributed by atoms with E-state index in [-0.39, 0.29) is 36.2 Å². The molecule has 128 valence electrons. The van der Waals surface area contributed by atoms with E-state index in [4.69, 9.17) is 4.74 Å². The van der Waals surface area contributed by atoms with Crippen LogP contribution in [0.1, 0.15) is 12.5 Å². The molecule has 0 aliphatic carbocycles. The van der Waals surface area contributed by atoms with Crippen LogP contribution < -0.4 is 14.8 Å². The van der Waals surface area contributed by atoms with Crippen molar-refractivity contribution in [3.8, 4) is 11.5 Å². The first kappa shape index (κ1) is 17.4. The lowest BCUT2D eigenvalue weighted by Gasteiger charge is -2.13. The molecule has 0 atom stereocenters. The molecule has 1 N–H and O–H groups in total. The fourth-order valence-electron chi connectivity index (χ4n) is 1.99. The summed E-state index contributed by atoms with van der Waals surface area (Å²) in [5.41, 5.74) is 0.514. The van der Waals surface area contributed by atoms with Gasteiger partial charge in [0.15, 0.2) is 11.5 Å². The highest BCUT2D eigenvalue weighted by molar-refractivity contribution is 5.55. The Morgan fingerprint density at radius 2 is 2.12 bits per heavy atom. The third-order valence-electron chi connectivity index (χ3n) is 2.97. The summed E-state index contributed by atoms with van der Waals surface area (Å²) in [6, 6.07) is 7.25. The van der Waals surface area contributed by atoms with Crippen LogP contribution in [0.25, 0.3) is 0 Å². The van der Waals surface area contributed by atoms with E-state index in [2.05, 4.69) is 15.0 Å². The molecule has 7 nitrogen and oxygen atoms in total. The zero-order valence-electron chi connectivity index (χ0n) is 12.7. The van der Waals surface area contributed by atoms with Gasteiger partial charge in [-0.2, -0.15) is 8.78 Å². The van der Waals surface area contributed by atoms with Gasteiger partial charge in [0.05, 0.1) is 11.5 Å². The Kier molecular flexibility index (Phi) is 5.83. The van der Waals surface area contributed by atoms with Crippen LogP contribution in [0.4, 0.5) is 20.3 Å². The van der Waals surface area contributed by atoms with Gasteiger partial charge in [0.2, 0.25) is 5.82 Å². The van der Waals surface area contributed by atoms with E-state index >= 15 is 0 Å². The van der Waals surface area contributed by atoms with Crippen molar-refractivity contribution in [2.24, 2.45) is 0 Å². The van der Waals surface area contributed by atoms with Crippen LogP contribution in [0.2, 0.25) is 0 Å². The van der Waals surface area contributed by atoms with Gasteiger partial charge in [0, 0.05) is 18.8 Å². The van der Waals surface area contributed by atoms with Crippen LogP contribution in [-0.2, 0) is 6.54 Å². The Labute approximate surface area is 136 Å². The van der Waals surface area contributed by atoms with E-state index < -0.39 is 11.5 Å². The molecular formula is C15H15F2N3O4. The summed E-state index contributed by atoms with van der Waals surface area (Å²) in [6.07, 6.45) is 1.43. The van der Waals surface area contributed by atoms with Crippen molar-refractivity contribution in [2.45, 2.75) is 20.1 Å². The van der Waals surface area contributed by atoms with E-state index in [1.54, 1.807) is 13.0 Å². The molecular weight excluding hydrogens is 324 g/mol. The molecule has 1 aromatic carbocycles. The molecule has 0 aliphatic heterocycles. The minimum Gasteiger partial charge on any atom is -0.490 e. The predicted octanol–water partition coefficient (Wildman–Crippen LogP) is 3.60. The Balaban J connectivity index is 2.15. The molecule has 0 bridgehead atoms. The molecule has 0 amide bonds. The summed E-state index contributed by atoms with van der Waals surface area (Å²) in [4.78, 5) is 14.3. The first-order valence-corrected chi connectivity index (χ1v) is 7.05. The van der Waals surface area contributed by atoms with Crippen molar-refractivity contribution >= 4 is 11.5 Å². The lowest BCUT2D eigenvalue weighted by molar-refractivity contribution is -0.384. The molecule has 2 rings (SSSR count). The number of nitrogens with one attached hydrogen (secondary N) is 1. The highest BCUT2D eigenvalue weighted by Gasteiger charge is 2.15. The maximum absolute atomic E-state index is 12.4. The summed E-state index contributed by atoms with van der Waals surface area (Å²) in [7, 11) is 0. The van der Waals surface area contributed by atoms with Crippen LogP contribution >= 0.6 is 0 Å². The first-order valence-electron chi connectivity index (χ1n) is 7.05. The number of pyridine rings is 1. The number of nitro groups is 1. The highest BCUT2D eigenvalue weighted by atomic mass is 19.3. The molecule has 0 spiro atoms.